The van der Waals surface area contributed by atoms with E-state index in [2.05, 4.69) is 20.9 Å². The van der Waals surface area contributed by atoms with Crippen LogP contribution in [0.2, 0.25) is 0 Å². The van der Waals surface area contributed by atoms with Gasteiger partial charge >= 0.3 is 0 Å². The molecule has 0 spiro atoms. The smallest absolute Gasteiger partial charge is 0.265 e. The molecule has 0 aliphatic rings. The molecular formula is C12H12BrClN2O3S. The molecule has 0 atom stereocenters. The van der Waals surface area contributed by atoms with Crippen molar-refractivity contribution in [1.29, 1.82) is 0 Å². The zero-order chi connectivity index (χ0) is 14.8. The van der Waals surface area contributed by atoms with Crippen molar-refractivity contribution in [2.75, 3.05) is 6.61 Å². The summed E-state index contributed by atoms with van der Waals surface area (Å²) in [6.45, 7) is 0.311. The van der Waals surface area contributed by atoms with E-state index in [0.29, 0.717) is 17.5 Å². The highest BCUT2D eigenvalue weighted by Crippen LogP contribution is 2.30. The number of ether oxygens (including phenoxy) is 1. The van der Waals surface area contributed by atoms with Gasteiger partial charge in [0.05, 0.1) is 6.61 Å². The molecule has 0 saturated heterocycles. The Kier molecular flexibility index (Phi) is 4.72. The van der Waals surface area contributed by atoms with Crippen molar-refractivity contribution in [2.24, 2.45) is 7.05 Å². The van der Waals surface area contributed by atoms with Crippen molar-refractivity contribution in [3.05, 3.63) is 40.9 Å². The molecule has 1 aromatic carbocycles. The predicted molar refractivity (Wildman–Crippen MR) is 79.6 cm³/mol. The quantitative estimate of drug-likeness (QED) is 0.750. The molecule has 0 N–H and O–H groups in total. The van der Waals surface area contributed by atoms with Gasteiger partial charge in [0.1, 0.15) is 16.5 Å². The Balaban J connectivity index is 2.12. The average molecular weight is 380 g/mol. The Hall–Kier alpha value is -1.05. The third-order valence-corrected chi connectivity index (χ3v) is 4.51. The highest BCUT2D eigenvalue weighted by molar-refractivity contribution is 9.10. The van der Waals surface area contributed by atoms with Gasteiger partial charge in [-0.15, -0.1) is 0 Å². The number of aryl methyl sites for hydroxylation is 1. The second-order valence-electron chi connectivity index (χ2n) is 4.08. The van der Waals surface area contributed by atoms with Crippen LogP contribution in [0.25, 0.3) is 0 Å². The molecule has 2 rings (SSSR count). The number of benzene rings is 1. The highest BCUT2D eigenvalue weighted by Gasteiger charge is 2.17. The molecule has 0 radical (unpaired) electrons. The Morgan fingerprint density at radius 3 is 2.80 bits per heavy atom. The SMILES string of the molecule is Cn1ccnc1CCOc1ccc(Br)cc1S(=O)(=O)Cl. The first-order valence-corrected chi connectivity index (χ1v) is 8.81. The number of imidazole rings is 1. The van der Waals surface area contributed by atoms with Gasteiger partial charge in [0.2, 0.25) is 0 Å². The number of aromatic nitrogens is 2. The van der Waals surface area contributed by atoms with Crippen LogP contribution in [0.15, 0.2) is 40.0 Å². The summed E-state index contributed by atoms with van der Waals surface area (Å²) in [4.78, 5) is 4.12. The van der Waals surface area contributed by atoms with Crippen molar-refractivity contribution in [3.8, 4) is 5.75 Å². The van der Waals surface area contributed by atoms with Gasteiger partial charge in [0.25, 0.3) is 9.05 Å². The van der Waals surface area contributed by atoms with Gasteiger partial charge in [0, 0.05) is 41.0 Å². The van der Waals surface area contributed by atoms with E-state index in [1.165, 1.54) is 6.07 Å². The third-order valence-electron chi connectivity index (χ3n) is 2.67. The number of hydrogen-bond donors (Lipinski definition) is 0. The fourth-order valence-electron chi connectivity index (χ4n) is 1.68. The van der Waals surface area contributed by atoms with Crippen LogP contribution >= 0.6 is 26.6 Å². The standard InChI is InChI=1S/C12H12BrClN2O3S/c1-16-6-5-15-12(16)4-7-19-10-3-2-9(13)8-11(10)20(14,17)18/h2-3,5-6,8H,4,7H2,1H3. The minimum Gasteiger partial charge on any atom is -0.492 e. The first-order chi connectivity index (χ1) is 9.38. The molecule has 0 amide bonds. The number of halogens is 2. The number of rotatable bonds is 5. The molecule has 0 bridgehead atoms. The van der Waals surface area contributed by atoms with E-state index in [1.807, 2.05) is 17.8 Å². The van der Waals surface area contributed by atoms with Gasteiger partial charge in [0.15, 0.2) is 0 Å². The first kappa shape index (κ1) is 15.3. The Bertz CT molecular complexity index is 715. The summed E-state index contributed by atoms with van der Waals surface area (Å²) in [7, 11) is 3.43. The minimum absolute atomic E-state index is 0.0478. The van der Waals surface area contributed by atoms with Crippen molar-refractivity contribution in [2.45, 2.75) is 11.3 Å². The molecule has 20 heavy (non-hydrogen) atoms. The van der Waals surface area contributed by atoms with Gasteiger partial charge in [-0.25, -0.2) is 13.4 Å². The van der Waals surface area contributed by atoms with E-state index in [9.17, 15) is 8.42 Å². The molecule has 0 aliphatic carbocycles. The van der Waals surface area contributed by atoms with E-state index in [-0.39, 0.29) is 10.6 Å². The second-order valence-corrected chi connectivity index (χ2v) is 7.53. The molecule has 8 heteroatoms. The number of nitrogens with zero attached hydrogens (tertiary/aromatic N) is 2. The topological polar surface area (TPSA) is 61.2 Å². The summed E-state index contributed by atoms with van der Waals surface area (Å²) < 4.78 is 31.0. The van der Waals surface area contributed by atoms with E-state index >= 15 is 0 Å². The lowest BCUT2D eigenvalue weighted by atomic mass is 10.3. The third kappa shape index (κ3) is 3.74. The van der Waals surface area contributed by atoms with Crippen molar-refractivity contribution >= 4 is 35.7 Å². The van der Waals surface area contributed by atoms with Gasteiger partial charge in [-0.1, -0.05) is 15.9 Å². The fourth-order valence-corrected chi connectivity index (χ4v) is 3.19. The summed E-state index contributed by atoms with van der Waals surface area (Å²) in [5.41, 5.74) is 0. The summed E-state index contributed by atoms with van der Waals surface area (Å²) in [6, 6.07) is 4.68. The molecule has 2 aromatic rings. The lowest BCUT2D eigenvalue weighted by molar-refractivity contribution is 0.309. The summed E-state index contributed by atoms with van der Waals surface area (Å²) in [6.07, 6.45) is 4.11. The maximum Gasteiger partial charge on any atom is 0.265 e. The maximum absolute atomic E-state index is 11.5. The zero-order valence-corrected chi connectivity index (χ0v) is 13.7. The van der Waals surface area contributed by atoms with E-state index in [0.717, 1.165) is 5.82 Å². The summed E-state index contributed by atoms with van der Waals surface area (Å²) >= 11 is 3.21. The monoisotopic (exact) mass is 378 g/mol. The van der Waals surface area contributed by atoms with E-state index in [1.54, 1.807) is 18.3 Å². The van der Waals surface area contributed by atoms with Crippen molar-refractivity contribution < 1.29 is 13.2 Å². The fraction of sp³-hybridized carbons (Fsp3) is 0.250. The summed E-state index contributed by atoms with van der Waals surface area (Å²) in [5, 5.41) is 0. The molecule has 108 valence electrons. The highest BCUT2D eigenvalue weighted by atomic mass is 79.9. The molecular weight excluding hydrogens is 368 g/mol. The molecule has 0 saturated carbocycles. The van der Waals surface area contributed by atoms with Crippen LogP contribution in [0.4, 0.5) is 0 Å². The van der Waals surface area contributed by atoms with Gasteiger partial charge in [-0.2, -0.15) is 0 Å². The van der Waals surface area contributed by atoms with Gasteiger partial charge < -0.3 is 9.30 Å². The van der Waals surface area contributed by atoms with Crippen LogP contribution in [0.3, 0.4) is 0 Å². The summed E-state index contributed by atoms with van der Waals surface area (Å²) in [5.74, 6) is 1.09. The van der Waals surface area contributed by atoms with Crippen LogP contribution in [-0.4, -0.2) is 24.6 Å². The molecule has 0 fully saturated rings. The Morgan fingerprint density at radius 1 is 1.45 bits per heavy atom. The minimum atomic E-state index is -3.85. The lowest BCUT2D eigenvalue weighted by Crippen LogP contribution is -2.08. The maximum atomic E-state index is 11.5. The Morgan fingerprint density at radius 2 is 2.20 bits per heavy atom. The Labute approximate surface area is 130 Å². The van der Waals surface area contributed by atoms with Crippen LogP contribution in [0.5, 0.6) is 5.75 Å². The normalized spacial score (nSPS) is 11.6. The van der Waals surface area contributed by atoms with Crippen LogP contribution in [-0.2, 0) is 22.5 Å². The van der Waals surface area contributed by atoms with Gasteiger partial charge in [-0.05, 0) is 18.2 Å². The van der Waals surface area contributed by atoms with Crippen LogP contribution in [0, 0.1) is 0 Å². The molecule has 5 nitrogen and oxygen atoms in total. The number of hydrogen-bond acceptors (Lipinski definition) is 4. The molecule has 1 heterocycles. The zero-order valence-electron chi connectivity index (χ0n) is 10.6. The van der Waals surface area contributed by atoms with Gasteiger partial charge in [-0.3, -0.25) is 0 Å². The first-order valence-electron chi connectivity index (χ1n) is 5.71. The van der Waals surface area contributed by atoms with E-state index in [4.69, 9.17) is 15.4 Å². The van der Waals surface area contributed by atoms with Crippen LogP contribution < -0.4 is 4.74 Å². The molecule has 0 aliphatic heterocycles. The van der Waals surface area contributed by atoms with Crippen molar-refractivity contribution in [1.82, 2.24) is 9.55 Å². The molecule has 0 unspecified atom stereocenters. The predicted octanol–water partition coefficient (Wildman–Crippen LogP) is 2.73. The largest absolute Gasteiger partial charge is 0.492 e. The molecule has 1 aromatic heterocycles. The average Bonchev–Trinajstić information content (AvgIpc) is 2.76. The lowest BCUT2D eigenvalue weighted by Gasteiger charge is -2.10. The van der Waals surface area contributed by atoms with Crippen LogP contribution in [0.1, 0.15) is 5.82 Å². The van der Waals surface area contributed by atoms with E-state index < -0.39 is 9.05 Å². The van der Waals surface area contributed by atoms with Crippen molar-refractivity contribution in [3.63, 3.8) is 0 Å². The second kappa shape index (κ2) is 6.15.